The van der Waals surface area contributed by atoms with Crippen molar-refractivity contribution in [3.05, 3.63) is 22.4 Å². The summed E-state index contributed by atoms with van der Waals surface area (Å²) in [4.78, 5) is 6.78. The molecule has 1 aliphatic heterocycles. The monoisotopic (exact) mass is 339 g/mol. The molecular weight excluding hydrogens is 314 g/mol. The fourth-order valence-electron chi connectivity index (χ4n) is 3.91. The molecule has 132 valence electrons. The van der Waals surface area contributed by atoms with E-state index < -0.39 is 5.60 Å². The van der Waals surface area contributed by atoms with Crippen LogP contribution in [0.1, 0.15) is 54.5 Å². The number of likely N-dealkylation sites (tertiary alicyclic amines) is 1. The molecule has 25 heavy (non-hydrogen) atoms. The fourth-order valence-corrected chi connectivity index (χ4v) is 3.91. The Hall–Kier alpha value is -2.15. The smallest absolute Gasteiger partial charge is 0.145 e. The summed E-state index contributed by atoms with van der Waals surface area (Å²) in [7, 11) is 1.98. The van der Waals surface area contributed by atoms with Crippen LogP contribution in [0, 0.1) is 22.7 Å². The third kappa shape index (κ3) is 3.76. The zero-order valence-corrected chi connectivity index (χ0v) is 14.8. The second-order valence-electron chi connectivity index (χ2n) is 7.34. The van der Waals surface area contributed by atoms with Gasteiger partial charge in [0.25, 0.3) is 0 Å². The van der Waals surface area contributed by atoms with Crippen LogP contribution < -0.4 is 5.32 Å². The van der Waals surface area contributed by atoms with E-state index in [9.17, 15) is 15.6 Å². The average Bonchev–Trinajstić information content (AvgIpc) is 2.92. The van der Waals surface area contributed by atoms with Crippen LogP contribution >= 0.6 is 0 Å². The molecule has 0 bridgehead atoms. The summed E-state index contributed by atoms with van der Waals surface area (Å²) in [5.74, 6) is 0.446. The summed E-state index contributed by atoms with van der Waals surface area (Å²) in [5, 5.41) is 33.1. The summed E-state index contributed by atoms with van der Waals surface area (Å²) in [6, 6.07) is 4.39. The molecule has 3 rings (SSSR count). The van der Waals surface area contributed by atoms with Gasteiger partial charge in [-0.25, -0.2) is 4.98 Å². The van der Waals surface area contributed by atoms with Crippen molar-refractivity contribution < 1.29 is 5.11 Å². The molecule has 1 atom stereocenters. The van der Waals surface area contributed by atoms with Crippen LogP contribution in [0.5, 0.6) is 0 Å². The minimum atomic E-state index is -0.819. The Morgan fingerprint density at radius 2 is 1.88 bits per heavy atom. The van der Waals surface area contributed by atoms with Gasteiger partial charge in [0.05, 0.1) is 11.2 Å². The molecule has 0 radical (unpaired) electrons. The molecule has 6 heteroatoms. The van der Waals surface area contributed by atoms with Crippen LogP contribution in [0.3, 0.4) is 0 Å². The number of rotatable bonds is 3. The van der Waals surface area contributed by atoms with Gasteiger partial charge in [-0.2, -0.15) is 10.5 Å². The largest absolute Gasteiger partial charge is 0.387 e. The molecule has 0 saturated carbocycles. The van der Waals surface area contributed by atoms with E-state index in [1.54, 1.807) is 0 Å². The third-order valence-electron chi connectivity index (χ3n) is 5.31. The van der Waals surface area contributed by atoms with Crippen molar-refractivity contribution in [3.8, 4) is 12.1 Å². The third-order valence-corrected chi connectivity index (χ3v) is 5.31. The van der Waals surface area contributed by atoms with Crippen LogP contribution in [0.15, 0.2) is 0 Å². The Morgan fingerprint density at radius 3 is 2.52 bits per heavy atom. The van der Waals surface area contributed by atoms with Crippen LogP contribution in [0.25, 0.3) is 0 Å². The van der Waals surface area contributed by atoms with Crippen molar-refractivity contribution in [2.24, 2.45) is 0 Å². The molecule has 0 aromatic carbocycles. The Balaban J connectivity index is 1.92. The van der Waals surface area contributed by atoms with Gasteiger partial charge in [0.2, 0.25) is 0 Å². The Morgan fingerprint density at radius 1 is 1.16 bits per heavy atom. The zero-order chi connectivity index (χ0) is 17.9. The van der Waals surface area contributed by atoms with Crippen molar-refractivity contribution in [2.45, 2.75) is 50.5 Å². The van der Waals surface area contributed by atoms with E-state index in [0.29, 0.717) is 36.5 Å². The van der Waals surface area contributed by atoms with Crippen molar-refractivity contribution >= 4 is 5.82 Å². The van der Waals surface area contributed by atoms with Gasteiger partial charge in [-0.3, -0.25) is 0 Å². The van der Waals surface area contributed by atoms with E-state index in [-0.39, 0.29) is 0 Å². The normalized spacial score (nSPS) is 23.8. The number of aromatic nitrogens is 1. The van der Waals surface area contributed by atoms with Gasteiger partial charge in [-0.15, -0.1) is 0 Å². The van der Waals surface area contributed by atoms with Gasteiger partial charge < -0.3 is 15.3 Å². The van der Waals surface area contributed by atoms with E-state index in [1.807, 2.05) is 7.05 Å². The molecule has 1 aromatic rings. The molecule has 1 saturated heterocycles. The van der Waals surface area contributed by atoms with Gasteiger partial charge in [0.1, 0.15) is 23.5 Å². The average molecular weight is 339 g/mol. The van der Waals surface area contributed by atoms with Gasteiger partial charge in [0.15, 0.2) is 0 Å². The second-order valence-corrected chi connectivity index (χ2v) is 7.34. The number of aliphatic hydroxyl groups is 1. The summed E-state index contributed by atoms with van der Waals surface area (Å²) in [6.07, 6.45) is 6.78. The van der Waals surface area contributed by atoms with E-state index in [1.165, 1.54) is 6.42 Å². The SMILES string of the molecule is CN1CCC(O)(CNc2nc3c(c(C#N)c2C#N)CCCCCC3)C1. The van der Waals surface area contributed by atoms with Crippen LogP contribution in [0.4, 0.5) is 5.82 Å². The molecule has 1 unspecified atom stereocenters. The summed E-state index contributed by atoms with van der Waals surface area (Å²) in [6.45, 7) is 1.78. The number of fused-ring (bicyclic) bond motifs is 1. The zero-order valence-electron chi connectivity index (χ0n) is 14.8. The van der Waals surface area contributed by atoms with Crippen LogP contribution in [-0.4, -0.2) is 47.3 Å². The number of likely N-dealkylation sites (N-methyl/N-ethyl adjacent to an activating group) is 1. The van der Waals surface area contributed by atoms with Gasteiger partial charge >= 0.3 is 0 Å². The van der Waals surface area contributed by atoms with E-state index in [4.69, 9.17) is 4.98 Å². The first kappa shape index (κ1) is 17.7. The number of aryl methyl sites for hydroxylation is 1. The minimum absolute atomic E-state index is 0.316. The molecule has 0 amide bonds. The number of anilines is 1. The number of β-amino-alcohol motifs (C(OH)–C–C–N with tert-alkyl or cyclic N) is 1. The molecule has 0 spiro atoms. The van der Waals surface area contributed by atoms with Gasteiger partial charge in [0, 0.05) is 25.3 Å². The molecule has 2 heterocycles. The number of nitriles is 2. The standard InChI is InChI=1S/C19H25N5O/c1-24-9-8-19(25,13-24)12-22-18-16(11-21)15(10-20)14-6-4-2-3-5-7-17(14)23-18/h25H,2-9,12-13H2,1H3,(H,22,23). The maximum Gasteiger partial charge on any atom is 0.145 e. The number of pyridine rings is 1. The molecular formula is C19H25N5O. The van der Waals surface area contributed by atoms with Crippen molar-refractivity contribution in [1.82, 2.24) is 9.88 Å². The first-order valence-corrected chi connectivity index (χ1v) is 9.07. The highest BCUT2D eigenvalue weighted by Gasteiger charge is 2.34. The lowest BCUT2D eigenvalue weighted by Crippen LogP contribution is -2.39. The lowest BCUT2D eigenvalue weighted by Gasteiger charge is -2.24. The fraction of sp³-hybridized carbons (Fsp3) is 0.632. The Kier molecular flexibility index (Phi) is 5.22. The molecule has 2 aliphatic rings. The number of nitrogens with zero attached hydrogens (tertiary/aromatic N) is 4. The molecule has 1 aliphatic carbocycles. The molecule has 2 N–H and O–H groups in total. The highest BCUT2D eigenvalue weighted by Crippen LogP contribution is 2.29. The summed E-state index contributed by atoms with van der Waals surface area (Å²) in [5.41, 5.74) is 1.85. The van der Waals surface area contributed by atoms with E-state index in [0.717, 1.165) is 49.9 Å². The quantitative estimate of drug-likeness (QED) is 0.874. The summed E-state index contributed by atoms with van der Waals surface area (Å²) < 4.78 is 0. The number of hydrogen-bond donors (Lipinski definition) is 2. The van der Waals surface area contributed by atoms with E-state index >= 15 is 0 Å². The highest BCUT2D eigenvalue weighted by molar-refractivity contribution is 5.64. The first-order chi connectivity index (χ1) is 12.1. The number of nitrogens with one attached hydrogen (secondary N) is 1. The topological polar surface area (TPSA) is 96.0 Å². The lowest BCUT2D eigenvalue weighted by atomic mass is 9.91. The van der Waals surface area contributed by atoms with Crippen molar-refractivity contribution in [3.63, 3.8) is 0 Å². The molecule has 1 aromatic heterocycles. The van der Waals surface area contributed by atoms with Gasteiger partial charge in [-0.05, 0) is 44.7 Å². The highest BCUT2D eigenvalue weighted by atomic mass is 16.3. The number of hydrogen-bond acceptors (Lipinski definition) is 6. The maximum absolute atomic E-state index is 10.7. The molecule has 1 fully saturated rings. The Labute approximate surface area is 149 Å². The van der Waals surface area contributed by atoms with Gasteiger partial charge in [-0.1, -0.05) is 12.8 Å². The predicted molar refractivity (Wildman–Crippen MR) is 95.1 cm³/mol. The van der Waals surface area contributed by atoms with Crippen LogP contribution in [0.2, 0.25) is 0 Å². The Bertz CT molecular complexity index is 733. The predicted octanol–water partition coefficient (Wildman–Crippen LogP) is 1.96. The summed E-state index contributed by atoms with van der Waals surface area (Å²) >= 11 is 0. The second kappa shape index (κ2) is 7.39. The maximum atomic E-state index is 10.7. The van der Waals surface area contributed by atoms with Crippen molar-refractivity contribution in [2.75, 3.05) is 32.0 Å². The lowest BCUT2D eigenvalue weighted by molar-refractivity contribution is 0.0652. The van der Waals surface area contributed by atoms with Crippen LogP contribution in [-0.2, 0) is 12.8 Å². The first-order valence-electron chi connectivity index (χ1n) is 9.07. The van der Waals surface area contributed by atoms with E-state index in [2.05, 4.69) is 22.4 Å². The van der Waals surface area contributed by atoms with Crippen molar-refractivity contribution in [1.29, 1.82) is 10.5 Å². The molecule has 6 nitrogen and oxygen atoms in total. The minimum Gasteiger partial charge on any atom is -0.387 e.